The summed E-state index contributed by atoms with van der Waals surface area (Å²) >= 11 is 0. The summed E-state index contributed by atoms with van der Waals surface area (Å²) in [5, 5.41) is 3.28. The van der Waals surface area contributed by atoms with Crippen LogP contribution in [0.25, 0.3) is 11.0 Å². The van der Waals surface area contributed by atoms with E-state index in [0.29, 0.717) is 59.4 Å². The molecular weight excluding hydrogens is 506 g/mol. The Kier molecular flexibility index (Phi) is 6.14. The zero-order valence-corrected chi connectivity index (χ0v) is 22.6. The molecule has 4 aromatic rings. The van der Waals surface area contributed by atoms with Crippen LogP contribution in [-0.2, 0) is 4.74 Å². The molecule has 0 aliphatic carbocycles. The van der Waals surface area contributed by atoms with Crippen molar-refractivity contribution < 1.29 is 14.3 Å². The van der Waals surface area contributed by atoms with Crippen LogP contribution >= 0.6 is 0 Å². The Morgan fingerprint density at radius 2 is 1.90 bits per heavy atom. The number of terminal acetylenes is 1. The minimum atomic E-state index is -0.521. The van der Waals surface area contributed by atoms with Gasteiger partial charge in [-0.25, -0.2) is 24.7 Å². The third kappa shape index (κ3) is 4.82. The lowest BCUT2D eigenvalue weighted by Gasteiger charge is -2.62. The second-order valence-corrected chi connectivity index (χ2v) is 11.0. The van der Waals surface area contributed by atoms with E-state index in [-0.39, 0.29) is 11.6 Å². The topological polar surface area (TPSA) is 106 Å². The van der Waals surface area contributed by atoms with Gasteiger partial charge in [0.15, 0.2) is 5.82 Å². The summed E-state index contributed by atoms with van der Waals surface area (Å²) in [7, 11) is 0. The monoisotopic (exact) mass is 535 g/mol. The highest BCUT2D eigenvalue weighted by molar-refractivity contribution is 5.88. The summed E-state index contributed by atoms with van der Waals surface area (Å²) in [4.78, 5) is 34.8. The van der Waals surface area contributed by atoms with Crippen molar-refractivity contribution in [3.63, 3.8) is 0 Å². The van der Waals surface area contributed by atoms with Crippen LogP contribution in [0.2, 0.25) is 0 Å². The predicted octanol–water partition coefficient (Wildman–Crippen LogP) is 5.14. The van der Waals surface area contributed by atoms with Gasteiger partial charge in [0.25, 0.3) is 0 Å². The molecule has 0 saturated carbocycles. The van der Waals surface area contributed by atoms with Gasteiger partial charge in [-0.1, -0.05) is 24.1 Å². The fourth-order valence-electron chi connectivity index (χ4n) is 4.94. The first-order valence-corrected chi connectivity index (χ1v) is 13.1. The molecule has 10 heteroatoms. The lowest BCUT2D eigenvalue weighted by molar-refractivity contribution is -0.0562. The average molecular weight is 536 g/mol. The fourth-order valence-corrected chi connectivity index (χ4v) is 4.94. The predicted molar refractivity (Wildman–Crippen MR) is 152 cm³/mol. The Balaban J connectivity index is 1.20. The van der Waals surface area contributed by atoms with E-state index in [9.17, 15) is 4.79 Å². The SMILES string of the molecule is C#Cc1cc(Nc2ncnc3ccc(N4CC5(CCN5C(=O)OC(C)(C)C)C4)nc23)cnc1Oc1ccccc1. The summed E-state index contributed by atoms with van der Waals surface area (Å²) in [5.41, 5.74) is 1.74. The van der Waals surface area contributed by atoms with Gasteiger partial charge in [-0.3, -0.25) is 4.90 Å². The molecule has 0 bridgehead atoms. The highest BCUT2D eigenvalue weighted by Crippen LogP contribution is 2.42. The normalized spacial score (nSPS) is 15.7. The Bertz CT molecular complexity index is 1620. The van der Waals surface area contributed by atoms with Gasteiger partial charge in [-0.05, 0) is 57.5 Å². The minimum Gasteiger partial charge on any atom is -0.444 e. The molecule has 0 unspecified atom stereocenters. The van der Waals surface area contributed by atoms with E-state index < -0.39 is 5.60 Å². The van der Waals surface area contributed by atoms with Crippen molar-refractivity contribution in [2.24, 2.45) is 0 Å². The number of pyridine rings is 2. The molecule has 2 saturated heterocycles. The number of fused-ring (bicyclic) bond motifs is 1. The van der Waals surface area contributed by atoms with Crippen molar-refractivity contribution in [1.29, 1.82) is 0 Å². The van der Waals surface area contributed by atoms with Crippen LogP contribution in [0, 0.1) is 12.3 Å². The molecule has 202 valence electrons. The largest absolute Gasteiger partial charge is 0.444 e. The van der Waals surface area contributed by atoms with Crippen LogP contribution in [0.4, 0.5) is 22.1 Å². The molecule has 10 nitrogen and oxygen atoms in total. The maximum atomic E-state index is 12.7. The standard InChI is InChI=1S/C30H29N7O3/c1-5-20-15-21(16-31-27(20)39-22-9-7-6-8-10-22)34-26-25-23(32-19-33-26)11-12-24(35-25)36-17-30(18-36)13-14-37(30)28(38)40-29(2,3)4/h1,6-12,15-16,19H,13-14,17-18H2,2-4H3,(H,32,33,34). The lowest BCUT2D eigenvalue weighted by Crippen LogP contribution is -2.78. The number of para-hydroxylation sites is 1. The number of hydrogen-bond donors (Lipinski definition) is 1. The first-order valence-electron chi connectivity index (χ1n) is 13.1. The number of anilines is 3. The van der Waals surface area contributed by atoms with Crippen LogP contribution in [-0.4, -0.2) is 61.7 Å². The lowest BCUT2D eigenvalue weighted by atomic mass is 9.78. The van der Waals surface area contributed by atoms with Crippen LogP contribution in [0.5, 0.6) is 11.6 Å². The number of benzene rings is 1. The number of carbonyl (C=O) groups is 1. The van der Waals surface area contributed by atoms with Crippen molar-refractivity contribution in [3.05, 3.63) is 66.6 Å². The van der Waals surface area contributed by atoms with E-state index in [0.717, 1.165) is 12.2 Å². The highest BCUT2D eigenvalue weighted by Gasteiger charge is 2.56. The molecule has 40 heavy (non-hydrogen) atoms. The molecular formula is C30H29N7O3. The number of carbonyl (C=O) groups excluding carboxylic acids is 1. The second-order valence-electron chi connectivity index (χ2n) is 11.0. The molecule has 1 N–H and O–H groups in total. The summed E-state index contributed by atoms with van der Waals surface area (Å²) in [6.45, 7) is 7.74. The fraction of sp³-hybridized carbons (Fsp3) is 0.300. The van der Waals surface area contributed by atoms with Gasteiger partial charge in [0.05, 0.1) is 28.5 Å². The summed E-state index contributed by atoms with van der Waals surface area (Å²) < 4.78 is 11.5. The Morgan fingerprint density at radius 1 is 1.10 bits per heavy atom. The molecule has 1 amide bonds. The van der Waals surface area contributed by atoms with Crippen molar-refractivity contribution in [1.82, 2.24) is 24.8 Å². The van der Waals surface area contributed by atoms with Gasteiger partial charge < -0.3 is 19.7 Å². The van der Waals surface area contributed by atoms with Crippen LogP contribution in [0.15, 0.2) is 61.1 Å². The number of amides is 1. The zero-order valence-electron chi connectivity index (χ0n) is 22.6. The van der Waals surface area contributed by atoms with Gasteiger partial charge in [0, 0.05) is 19.6 Å². The second kappa shape index (κ2) is 9.68. The van der Waals surface area contributed by atoms with Crippen molar-refractivity contribution in [3.8, 4) is 24.0 Å². The third-order valence-electron chi connectivity index (χ3n) is 6.98. The molecule has 0 atom stereocenters. The summed E-state index contributed by atoms with van der Waals surface area (Å²) in [6, 6.07) is 15.0. The highest BCUT2D eigenvalue weighted by atomic mass is 16.6. The van der Waals surface area contributed by atoms with Crippen molar-refractivity contribution >= 4 is 34.4 Å². The number of ether oxygens (including phenoxy) is 2. The number of nitrogens with zero attached hydrogens (tertiary/aromatic N) is 6. The molecule has 5 heterocycles. The molecule has 6 rings (SSSR count). The maximum Gasteiger partial charge on any atom is 0.410 e. The summed E-state index contributed by atoms with van der Waals surface area (Å²) in [6.07, 6.45) is 9.56. The number of nitrogens with one attached hydrogen (secondary N) is 1. The van der Waals surface area contributed by atoms with Crippen molar-refractivity contribution in [2.45, 2.75) is 38.3 Å². The van der Waals surface area contributed by atoms with E-state index in [1.54, 1.807) is 12.3 Å². The molecule has 3 aromatic heterocycles. The van der Waals surface area contributed by atoms with E-state index in [2.05, 4.69) is 31.1 Å². The van der Waals surface area contributed by atoms with E-state index in [1.807, 2.05) is 68.1 Å². The number of likely N-dealkylation sites (tertiary alicyclic amines) is 1. The number of hydrogen-bond acceptors (Lipinski definition) is 9. The summed E-state index contributed by atoms with van der Waals surface area (Å²) in [5.74, 6) is 4.96. The van der Waals surface area contributed by atoms with Gasteiger partial charge in [0.1, 0.15) is 29.0 Å². The number of aromatic nitrogens is 4. The third-order valence-corrected chi connectivity index (χ3v) is 6.98. The zero-order chi connectivity index (χ0) is 27.9. The molecule has 1 spiro atoms. The Hall–Kier alpha value is -4.91. The van der Waals surface area contributed by atoms with Crippen LogP contribution in [0.3, 0.4) is 0 Å². The first kappa shape index (κ1) is 25.4. The maximum absolute atomic E-state index is 12.7. The van der Waals surface area contributed by atoms with Gasteiger partial charge >= 0.3 is 6.09 Å². The Morgan fingerprint density at radius 3 is 2.60 bits per heavy atom. The van der Waals surface area contributed by atoms with Crippen molar-refractivity contribution in [2.75, 3.05) is 29.9 Å². The Labute approximate surface area is 232 Å². The molecule has 0 radical (unpaired) electrons. The number of rotatable bonds is 5. The van der Waals surface area contributed by atoms with E-state index in [1.165, 1.54) is 6.33 Å². The van der Waals surface area contributed by atoms with E-state index in [4.69, 9.17) is 20.9 Å². The van der Waals surface area contributed by atoms with Gasteiger partial charge in [-0.2, -0.15) is 0 Å². The molecule has 2 aliphatic heterocycles. The van der Waals surface area contributed by atoms with Gasteiger partial charge in [-0.15, -0.1) is 6.42 Å². The average Bonchev–Trinajstić information content (AvgIpc) is 2.88. The minimum absolute atomic E-state index is 0.200. The smallest absolute Gasteiger partial charge is 0.410 e. The first-order chi connectivity index (χ1) is 19.2. The van der Waals surface area contributed by atoms with E-state index >= 15 is 0 Å². The molecule has 2 fully saturated rings. The van der Waals surface area contributed by atoms with Crippen LogP contribution < -0.4 is 15.0 Å². The quantitative estimate of drug-likeness (QED) is 0.348. The van der Waals surface area contributed by atoms with Crippen LogP contribution in [0.1, 0.15) is 32.8 Å². The van der Waals surface area contributed by atoms with Gasteiger partial charge in [0.2, 0.25) is 5.88 Å². The molecule has 1 aromatic carbocycles. The molecule has 2 aliphatic rings.